The Kier molecular flexibility index (Phi) is 6.51. The van der Waals surface area contributed by atoms with Gasteiger partial charge >= 0.3 is 11.9 Å². The predicted octanol–water partition coefficient (Wildman–Crippen LogP) is 4.25. The molecule has 176 valence electrons. The number of thiazole rings is 1. The molecule has 9 nitrogen and oxygen atoms in total. The summed E-state index contributed by atoms with van der Waals surface area (Å²) in [5, 5.41) is 11.2. The number of anilines is 1. The van der Waals surface area contributed by atoms with E-state index < -0.39 is 23.7 Å². The number of aliphatic hydroxyl groups is 1. The largest absolute Gasteiger partial charge is 0.507 e. The maximum Gasteiger partial charge on any atom is 0.350 e. The second-order valence-corrected chi connectivity index (χ2v) is 8.25. The van der Waals surface area contributed by atoms with Crippen LogP contribution in [-0.4, -0.2) is 41.0 Å². The number of aliphatic hydroxyl groups excluding tert-OH is 1. The number of esters is 1. The van der Waals surface area contributed by atoms with Crippen LogP contribution in [0.5, 0.6) is 5.75 Å². The van der Waals surface area contributed by atoms with Gasteiger partial charge in [0.2, 0.25) is 0 Å². The molecule has 1 atom stereocenters. The molecule has 1 fully saturated rings. The van der Waals surface area contributed by atoms with Gasteiger partial charge in [0.25, 0.3) is 5.78 Å². The molecule has 1 aromatic carbocycles. The monoisotopic (exact) mass is 482 g/mol. The van der Waals surface area contributed by atoms with Crippen molar-refractivity contribution >= 4 is 39.9 Å². The number of ether oxygens (including phenoxy) is 2. The van der Waals surface area contributed by atoms with E-state index in [4.69, 9.17) is 13.9 Å². The first-order valence-corrected chi connectivity index (χ1v) is 11.4. The van der Waals surface area contributed by atoms with Crippen LogP contribution < -0.4 is 9.64 Å². The second kappa shape index (κ2) is 9.52. The van der Waals surface area contributed by atoms with E-state index in [0.29, 0.717) is 23.6 Å². The van der Waals surface area contributed by atoms with Gasteiger partial charge in [0, 0.05) is 5.56 Å². The Morgan fingerprint density at radius 2 is 1.91 bits per heavy atom. The van der Waals surface area contributed by atoms with Crippen LogP contribution in [0.25, 0.3) is 5.76 Å². The summed E-state index contributed by atoms with van der Waals surface area (Å²) in [5.74, 6) is -1.84. The molecule has 0 radical (unpaired) electrons. The van der Waals surface area contributed by atoms with Crippen molar-refractivity contribution in [1.29, 1.82) is 0 Å². The topological polar surface area (TPSA) is 119 Å². The van der Waals surface area contributed by atoms with Crippen molar-refractivity contribution in [2.45, 2.75) is 26.8 Å². The highest BCUT2D eigenvalue weighted by Crippen LogP contribution is 2.44. The van der Waals surface area contributed by atoms with Gasteiger partial charge in [0.15, 0.2) is 5.13 Å². The van der Waals surface area contributed by atoms with Gasteiger partial charge in [0.05, 0.1) is 30.7 Å². The number of hydrogen-bond acceptors (Lipinski definition) is 9. The number of aryl methyl sites for hydroxylation is 1. The van der Waals surface area contributed by atoms with Crippen molar-refractivity contribution in [3.05, 3.63) is 70.1 Å². The maximum atomic E-state index is 13.1. The third-order valence-corrected chi connectivity index (χ3v) is 6.28. The molecule has 1 amide bonds. The molecule has 3 heterocycles. The first-order chi connectivity index (χ1) is 16.4. The lowest BCUT2D eigenvalue weighted by molar-refractivity contribution is -0.132. The Morgan fingerprint density at radius 1 is 1.18 bits per heavy atom. The molecule has 1 saturated heterocycles. The molecular formula is C24H22N2O7S. The van der Waals surface area contributed by atoms with E-state index in [9.17, 15) is 19.5 Å². The number of furan rings is 1. The average Bonchev–Trinajstić information content (AvgIpc) is 3.53. The number of benzene rings is 1. The van der Waals surface area contributed by atoms with E-state index in [1.165, 1.54) is 6.26 Å². The Hall–Kier alpha value is -3.92. The van der Waals surface area contributed by atoms with E-state index >= 15 is 0 Å². The summed E-state index contributed by atoms with van der Waals surface area (Å²) in [4.78, 5) is 44.2. The number of carbonyl (C=O) groups excluding carboxylic acids is 3. The first kappa shape index (κ1) is 23.2. The molecule has 2 aromatic heterocycles. The van der Waals surface area contributed by atoms with Crippen LogP contribution in [0.15, 0.2) is 52.7 Å². The predicted molar refractivity (Wildman–Crippen MR) is 124 cm³/mol. The fourth-order valence-corrected chi connectivity index (χ4v) is 4.64. The average molecular weight is 483 g/mol. The Labute approximate surface area is 199 Å². The molecule has 34 heavy (non-hydrogen) atoms. The second-order valence-electron chi connectivity index (χ2n) is 7.27. The maximum absolute atomic E-state index is 13.1. The van der Waals surface area contributed by atoms with Crippen LogP contribution in [0, 0.1) is 6.92 Å². The molecule has 10 heteroatoms. The molecule has 1 N–H and O–H groups in total. The van der Waals surface area contributed by atoms with E-state index in [2.05, 4.69) is 4.98 Å². The summed E-state index contributed by atoms with van der Waals surface area (Å²) in [6.45, 7) is 5.82. The van der Waals surface area contributed by atoms with Crippen molar-refractivity contribution in [1.82, 2.24) is 4.98 Å². The molecule has 0 unspecified atom stereocenters. The highest BCUT2D eigenvalue weighted by molar-refractivity contribution is 7.17. The van der Waals surface area contributed by atoms with Crippen molar-refractivity contribution in [2.75, 3.05) is 18.1 Å². The quantitative estimate of drug-likeness (QED) is 0.230. The number of rotatable bonds is 7. The summed E-state index contributed by atoms with van der Waals surface area (Å²) in [5.41, 5.74) is 0.556. The summed E-state index contributed by atoms with van der Waals surface area (Å²) >= 11 is 0.933. The van der Waals surface area contributed by atoms with Gasteiger partial charge in [-0.15, -0.1) is 0 Å². The fraction of sp³-hybridized carbons (Fsp3) is 0.250. The van der Waals surface area contributed by atoms with Crippen LogP contribution in [0.3, 0.4) is 0 Å². The van der Waals surface area contributed by atoms with Crippen LogP contribution in [0.2, 0.25) is 0 Å². The number of ketones is 1. The normalized spacial score (nSPS) is 17.3. The number of carbonyl (C=O) groups is 3. The number of hydrogen-bond donors (Lipinski definition) is 1. The van der Waals surface area contributed by atoms with E-state index in [1.807, 2.05) is 6.92 Å². The van der Waals surface area contributed by atoms with Gasteiger partial charge in [-0.25, -0.2) is 9.78 Å². The van der Waals surface area contributed by atoms with Crippen LogP contribution in [0.4, 0.5) is 5.13 Å². The van der Waals surface area contributed by atoms with Crippen LogP contribution in [0.1, 0.15) is 46.6 Å². The van der Waals surface area contributed by atoms with Gasteiger partial charge in [0.1, 0.15) is 28.2 Å². The Balaban J connectivity index is 1.83. The third-order valence-electron chi connectivity index (χ3n) is 5.15. The molecule has 0 spiro atoms. The third kappa shape index (κ3) is 4.08. The SMILES string of the molecule is CCOC(=O)c1sc(N2C(=O)C(=O)C(=C(O)c3ccc(OCC)cc3)[C@H]2c2ccco2)nc1C. The highest BCUT2D eigenvalue weighted by atomic mass is 32.1. The van der Waals surface area contributed by atoms with Gasteiger partial charge in [-0.05, 0) is 57.2 Å². The summed E-state index contributed by atoms with van der Waals surface area (Å²) in [7, 11) is 0. The molecule has 0 bridgehead atoms. The van der Waals surface area contributed by atoms with E-state index in [0.717, 1.165) is 16.2 Å². The van der Waals surface area contributed by atoms with Crippen LogP contribution >= 0.6 is 11.3 Å². The lowest BCUT2D eigenvalue weighted by atomic mass is 9.99. The van der Waals surface area contributed by atoms with Gasteiger partial charge < -0.3 is 19.0 Å². The zero-order valence-electron chi connectivity index (χ0n) is 18.7. The molecular weight excluding hydrogens is 460 g/mol. The minimum absolute atomic E-state index is 0.120. The zero-order chi connectivity index (χ0) is 24.4. The van der Waals surface area contributed by atoms with E-state index in [-0.39, 0.29) is 33.7 Å². The Morgan fingerprint density at radius 3 is 2.53 bits per heavy atom. The minimum Gasteiger partial charge on any atom is -0.507 e. The Bertz CT molecular complexity index is 1260. The number of aromatic nitrogens is 1. The van der Waals surface area contributed by atoms with E-state index in [1.54, 1.807) is 50.2 Å². The fourth-order valence-electron chi connectivity index (χ4n) is 3.65. The summed E-state index contributed by atoms with van der Waals surface area (Å²) < 4.78 is 16.0. The van der Waals surface area contributed by atoms with Crippen molar-refractivity contribution < 1.29 is 33.4 Å². The molecule has 1 aliphatic heterocycles. The van der Waals surface area contributed by atoms with Gasteiger partial charge in [-0.1, -0.05) is 11.3 Å². The molecule has 1 aliphatic rings. The van der Waals surface area contributed by atoms with Crippen LogP contribution in [-0.2, 0) is 14.3 Å². The van der Waals surface area contributed by atoms with Crippen molar-refractivity contribution in [2.24, 2.45) is 0 Å². The summed E-state index contributed by atoms with van der Waals surface area (Å²) in [6, 6.07) is 8.66. The zero-order valence-corrected chi connectivity index (χ0v) is 19.5. The van der Waals surface area contributed by atoms with Gasteiger partial charge in [-0.2, -0.15) is 0 Å². The first-order valence-electron chi connectivity index (χ1n) is 10.6. The smallest absolute Gasteiger partial charge is 0.350 e. The number of amides is 1. The lowest BCUT2D eigenvalue weighted by Crippen LogP contribution is -2.29. The molecule has 0 aliphatic carbocycles. The number of nitrogens with zero attached hydrogens (tertiary/aromatic N) is 2. The molecule has 3 aromatic rings. The standard InChI is InChI=1S/C24H22N2O7S/c1-4-31-15-10-8-14(9-11-15)19(27)17-18(16-7-6-12-33-16)26(22(29)20(17)28)24-25-13(3)21(34-24)23(30)32-5-2/h6-12,18,27H,4-5H2,1-3H3/t18-/m1/s1. The molecule has 4 rings (SSSR count). The van der Waals surface area contributed by atoms with Crippen molar-refractivity contribution in [3.63, 3.8) is 0 Å². The highest BCUT2D eigenvalue weighted by Gasteiger charge is 2.49. The molecule has 0 saturated carbocycles. The lowest BCUT2D eigenvalue weighted by Gasteiger charge is -2.20. The number of Topliss-reactive ketones (excluding diaryl/α,β-unsaturated/α-hetero) is 1. The van der Waals surface area contributed by atoms with Gasteiger partial charge in [-0.3, -0.25) is 14.5 Å². The minimum atomic E-state index is -1.07. The summed E-state index contributed by atoms with van der Waals surface area (Å²) in [6.07, 6.45) is 1.41. The van der Waals surface area contributed by atoms with Crippen molar-refractivity contribution in [3.8, 4) is 5.75 Å².